The second-order valence-corrected chi connectivity index (χ2v) is 7.10. The highest BCUT2D eigenvalue weighted by Gasteiger charge is 2.15. The predicted molar refractivity (Wildman–Crippen MR) is 108 cm³/mol. The molecule has 2 N–H and O–H groups in total. The summed E-state index contributed by atoms with van der Waals surface area (Å²) in [5.74, 6) is 0.685. The van der Waals surface area contributed by atoms with Gasteiger partial charge in [0, 0.05) is 11.4 Å². The van der Waals surface area contributed by atoms with E-state index in [-0.39, 0.29) is 22.8 Å². The Labute approximate surface area is 158 Å². The summed E-state index contributed by atoms with van der Waals surface area (Å²) in [6, 6.07) is 14.9. The highest BCUT2D eigenvalue weighted by atomic mass is 32.2. The van der Waals surface area contributed by atoms with Gasteiger partial charge in [0.25, 0.3) is 0 Å². The van der Waals surface area contributed by atoms with E-state index in [4.69, 9.17) is 4.74 Å². The van der Waals surface area contributed by atoms with Crippen molar-refractivity contribution in [2.45, 2.75) is 25.5 Å². The molecule has 0 bridgehead atoms. The van der Waals surface area contributed by atoms with E-state index in [0.717, 1.165) is 17.9 Å². The summed E-state index contributed by atoms with van der Waals surface area (Å²) in [7, 11) is 1.59. The van der Waals surface area contributed by atoms with Crippen LogP contribution in [0, 0.1) is 0 Å². The Balaban J connectivity index is 1.77. The largest absolute Gasteiger partial charge is 0.497 e. The number of aryl methyl sites for hydroxylation is 1. The minimum Gasteiger partial charge on any atom is -0.497 e. The third-order valence-electron chi connectivity index (χ3n) is 3.84. The van der Waals surface area contributed by atoms with Gasteiger partial charge >= 0.3 is 0 Å². The fourth-order valence-electron chi connectivity index (χ4n) is 2.22. The molecule has 2 aromatic rings. The molecular formula is C20H24N2O3S. The minimum atomic E-state index is -0.342. The summed E-state index contributed by atoms with van der Waals surface area (Å²) in [5.41, 5.74) is 2.69. The summed E-state index contributed by atoms with van der Waals surface area (Å²) in [4.78, 5) is 24.3. The summed E-state index contributed by atoms with van der Waals surface area (Å²) in [6.45, 7) is 3.87. The van der Waals surface area contributed by atoms with Crippen molar-refractivity contribution in [2.75, 3.05) is 23.5 Å². The standard InChI is InChI=1S/C20H24N2O3S/c1-4-15-5-7-16(8-6-15)21-19(23)13-26-14(2)20(24)22-17-9-11-18(25-3)12-10-17/h5-12,14H,4,13H2,1-3H3,(H,21,23)(H,22,24)/t14-/m1/s1. The fraction of sp³-hybridized carbons (Fsp3) is 0.300. The summed E-state index contributed by atoms with van der Waals surface area (Å²) in [6.07, 6.45) is 0.963. The van der Waals surface area contributed by atoms with Crippen molar-refractivity contribution in [3.8, 4) is 5.75 Å². The second kappa shape index (κ2) is 9.87. The molecule has 5 nitrogen and oxygen atoms in total. The van der Waals surface area contributed by atoms with E-state index >= 15 is 0 Å². The monoisotopic (exact) mass is 372 g/mol. The fourth-order valence-corrected chi connectivity index (χ4v) is 2.90. The van der Waals surface area contributed by atoms with E-state index in [0.29, 0.717) is 5.69 Å². The summed E-state index contributed by atoms with van der Waals surface area (Å²) < 4.78 is 5.09. The second-order valence-electron chi connectivity index (χ2n) is 5.77. The number of thioether (sulfide) groups is 1. The van der Waals surface area contributed by atoms with Gasteiger partial charge in [0.2, 0.25) is 11.8 Å². The van der Waals surface area contributed by atoms with E-state index in [9.17, 15) is 9.59 Å². The molecule has 0 aliphatic carbocycles. The zero-order valence-corrected chi connectivity index (χ0v) is 16.1. The molecule has 0 radical (unpaired) electrons. The van der Waals surface area contributed by atoms with E-state index < -0.39 is 0 Å². The van der Waals surface area contributed by atoms with Gasteiger partial charge in [-0.1, -0.05) is 19.1 Å². The van der Waals surface area contributed by atoms with Crippen molar-refractivity contribution in [1.82, 2.24) is 0 Å². The van der Waals surface area contributed by atoms with E-state index in [1.165, 1.54) is 17.3 Å². The van der Waals surface area contributed by atoms with Crippen LogP contribution in [-0.4, -0.2) is 29.9 Å². The van der Waals surface area contributed by atoms with Crippen LogP contribution >= 0.6 is 11.8 Å². The molecule has 0 aromatic heterocycles. The van der Waals surface area contributed by atoms with Crippen molar-refractivity contribution < 1.29 is 14.3 Å². The molecule has 2 amide bonds. The Bertz CT molecular complexity index is 730. The van der Waals surface area contributed by atoms with Crippen LogP contribution in [0.1, 0.15) is 19.4 Å². The van der Waals surface area contributed by atoms with E-state index in [1.807, 2.05) is 24.3 Å². The van der Waals surface area contributed by atoms with Crippen molar-refractivity contribution in [3.63, 3.8) is 0 Å². The first kappa shape index (κ1) is 19.8. The number of hydrogen-bond acceptors (Lipinski definition) is 4. The Morgan fingerprint density at radius 3 is 2.15 bits per heavy atom. The lowest BCUT2D eigenvalue weighted by Gasteiger charge is -2.12. The number of carbonyl (C=O) groups is 2. The molecule has 0 saturated heterocycles. The molecule has 0 aliphatic heterocycles. The van der Waals surface area contributed by atoms with Gasteiger partial charge in [-0.3, -0.25) is 9.59 Å². The quantitative estimate of drug-likeness (QED) is 0.736. The summed E-state index contributed by atoms with van der Waals surface area (Å²) >= 11 is 1.30. The average molecular weight is 372 g/mol. The molecule has 0 fully saturated rings. The first-order chi connectivity index (χ1) is 12.5. The molecule has 0 spiro atoms. The molecule has 2 rings (SSSR count). The van der Waals surface area contributed by atoms with Gasteiger partial charge in [-0.05, 0) is 55.3 Å². The maximum absolute atomic E-state index is 12.2. The lowest BCUT2D eigenvalue weighted by atomic mass is 10.1. The molecule has 0 saturated carbocycles. The summed E-state index contributed by atoms with van der Waals surface area (Å²) in [5, 5.41) is 5.33. The highest BCUT2D eigenvalue weighted by Crippen LogP contribution is 2.18. The van der Waals surface area contributed by atoms with Crippen LogP contribution in [-0.2, 0) is 16.0 Å². The van der Waals surface area contributed by atoms with Crippen molar-refractivity contribution in [3.05, 3.63) is 54.1 Å². The Morgan fingerprint density at radius 1 is 1.00 bits per heavy atom. The first-order valence-electron chi connectivity index (χ1n) is 8.47. The van der Waals surface area contributed by atoms with Crippen LogP contribution in [0.4, 0.5) is 11.4 Å². The number of methoxy groups -OCH3 is 1. The first-order valence-corrected chi connectivity index (χ1v) is 9.52. The van der Waals surface area contributed by atoms with Gasteiger partial charge < -0.3 is 15.4 Å². The number of nitrogens with one attached hydrogen (secondary N) is 2. The lowest BCUT2D eigenvalue weighted by molar-refractivity contribution is -0.115. The predicted octanol–water partition coefficient (Wildman–Crippen LogP) is 3.96. The van der Waals surface area contributed by atoms with Crippen molar-refractivity contribution in [2.24, 2.45) is 0 Å². The average Bonchev–Trinajstić information content (AvgIpc) is 2.67. The Hall–Kier alpha value is -2.47. The molecule has 2 aromatic carbocycles. The Kier molecular flexibility index (Phi) is 7.53. The third kappa shape index (κ3) is 6.11. The van der Waals surface area contributed by atoms with Crippen LogP contribution in [0.5, 0.6) is 5.75 Å². The molecule has 26 heavy (non-hydrogen) atoms. The number of hydrogen-bond donors (Lipinski definition) is 2. The molecule has 1 atom stereocenters. The van der Waals surface area contributed by atoms with Gasteiger partial charge in [-0.2, -0.15) is 0 Å². The van der Waals surface area contributed by atoms with Crippen LogP contribution in [0.3, 0.4) is 0 Å². The van der Waals surface area contributed by atoms with Crippen molar-refractivity contribution in [1.29, 1.82) is 0 Å². The lowest BCUT2D eigenvalue weighted by Crippen LogP contribution is -2.25. The number of benzene rings is 2. The number of rotatable bonds is 8. The van der Waals surface area contributed by atoms with Crippen LogP contribution in [0.25, 0.3) is 0 Å². The van der Waals surface area contributed by atoms with E-state index in [2.05, 4.69) is 17.6 Å². The van der Waals surface area contributed by atoms with Gasteiger partial charge in [0.05, 0.1) is 18.1 Å². The topological polar surface area (TPSA) is 67.4 Å². The highest BCUT2D eigenvalue weighted by molar-refractivity contribution is 8.01. The smallest absolute Gasteiger partial charge is 0.237 e. The van der Waals surface area contributed by atoms with Crippen molar-refractivity contribution >= 4 is 35.0 Å². The third-order valence-corrected chi connectivity index (χ3v) is 4.98. The van der Waals surface area contributed by atoms with Crippen LogP contribution < -0.4 is 15.4 Å². The molecule has 6 heteroatoms. The van der Waals surface area contributed by atoms with Crippen LogP contribution in [0.15, 0.2) is 48.5 Å². The number of amides is 2. The molecule has 0 heterocycles. The van der Waals surface area contributed by atoms with E-state index in [1.54, 1.807) is 38.3 Å². The molecule has 0 aliphatic rings. The Morgan fingerprint density at radius 2 is 1.58 bits per heavy atom. The maximum Gasteiger partial charge on any atom is 0.237 e. The number of ether oxygens (including phenoxy) is 1. The van der Waals surface area contributed by atoms with Gasteiger partial charge in [-0.15, -0.1) is 11.8 Å². The minimum absolute atomic E-state index is 0.122. The normalized spacial score (nSPS) is 11.5. The van der Waals surface area contributed by atoms with Gasteiger partial charge in [-0.25, -0.2) is 0 Å². The zero-order chi connectivity index (χ0) is 18.9. The number of anilines is 2. The van der Waals surface area contributed by atoms with Gasteiger partial charge in [0.15, 0.2) is 0 Å². The van der Waals surface area contributed by atoms with Crippen LogP contribution in [0.2, 0.25) is 0 Å². The SMILES string of the molecule is CCc1ccc(NC(=O)CS[C@H](C)C(=O)Nc2ccc(OC)cc2)cc1. The molecule has 138 valence electrons. The number of carbonyl (C=O) groups excluding carboxylic acids is 2. The maximum atomic E-state index is 12.2. The van der Waals surface area contributed by atoms with Gasteiger partial charge in [0.1, 0.15) is 5.75 Å². The zero-order valence-electron chi connectivity index (χ0n) is 15.2. The molecular weight excluding hydrogens is 348 g/mol. The molecule has 0 unspecified atom stereocenters.